The second kappa shape index (κ2) is 9.12. The molecule has 0 saturated carbocycles. The quantitative estimate of drug-likeness (QED) is 0.632. The number of nitrogens with zero attached hydrogens (tertiary/aromatic N) is 2. The minimum absolute atomic E-state index is 0.166. The summed E-state index contributed by atoms with van der Waals surface area (Å²) in [4.78, 5) is 14.4. The monoisotopic (exact) mass is 325 g/mol. The molecule has 24 heavy (non-hydrogen) atoms. The van der Waals surface area contributed by atoms with E-state index in [1.807, 2.05) is 30.3 Å². The molecule has 1 aromatic carbocycles. The maximum absolute atomic E-state index is 12.3. The van der Waals surface area contributed by atoms with Gasteiger partial charge in [0.1, 0.15) is 11.6 Å². The summed E-state index contributed by atoms with van der Waals surface area (Å²) in [5.74, 6) is 0.387. The van der Waals surface area contributed by atoms with Crippen molar-refractivity contribution in [3.05, 3.63) is 41.6 Å². The van der Waals surface area contributed by atoms with Gasteiger partial charge in [-0.15, -0.1) is 0 Å². The third-order valence-corrected chi connectivity index (χ3v) is 4.53. The average molecular weight is 325 g/mol. The van der Waals surface area contributed by atoms with Gasteiger partial charge in [-0.25, -0.2) is 0 Å². The van der Waals surface area contributed by atoms with E-state index in [0.717, 1.165) is 44.0 Å². The lowest BCUT2D eigenvalue weighted by Crippen LogP contribution is -2.29. The zero-order chi connectivity index (χ0) is 17.4. The second-order valence-corrected chi connectivity index (χ2v) is 6.63. The van der Waals surface area contributed by atoms with Gasteiger partial charge in [-0.05, 0) is 49.3 Å². The minimum atomic E-state index is -0.336. The van der Waals surface area contributed by atoms with Crippen molar-refractivity contribution in [2.45, 2.75) is 46.0 Å². The molecule has 128 valence electrons. The summed E-state index contributed by atoms with van der Waals surface area (Å²) >= 11 is 0. The van der Waals surface area contributed by atoms with Gasteiger partial charge in [0.15, 0.2) is 0 Å². The number of carbonyl (C=O) groups excluding carboxylic acids is 1. The predicted octanol–water partition coefficient (Wildman–Crippen LogP) is 4.11. The van der Waals surface area contributed by atoms with Gasteiger partial charge in [0.2, 0.25) is 0 Å². The van der Waals surface area contributed by atoms with Crippen LogP contribution < -0.4 is 5.32 Å². The number of unbranched alkanes of at least 4 members (excludes halogenated alkanes) is 1. The maximum Gasteiger partial charge on any atom is 0.267 e. The summed E-state index contributed by atoms with van der Waals surface area (Å²) in [5.41, 5.74) is 2.17. The van der Waals surface area contributed by atoms with Crippen LogP contribution in [0.5, 0.6) is 0 Å². The van der Waals surface area contributed by atoms with Crippen LogP contribution in [0, 0.1) is 17.2 Å². The van der Waals surface area contributed by atoms with Crippen molar-refractivity contribution in [3.63, 3.8) is 0 Å². The Hall–Kier alpha value is -2.28. The van der Waals surface area contributed by atoms with Crippen molar-refractivity contribution < 1.29 is 4.79 Å². The lowest BCUT2D eigenvalue weighted by atomic mass is 9.99. The molecule has 1 saturated heterocycles. The number of carbonyl (C=O) groups is 1. The van der Waals surface area contributed by atoms with E-state index in [9.17, 15) is 10.1 Å². The number of nitriles is 1. The number of piperidine rings is 1. The third-order valence-electron chi connectivity index (χ3n) is 4.53. The largest absolute Gasteiger partial charge is 0.376 e. The molecule has 0 atom stereocenters. The molecule has 1 heterocycles. The van der Waals surface area contributed by atoms with Crippen molar-refractivity contribution in [1.82, 2.24) is 4.90 Å². The predicted molar refractivity (Wildman–Crippen MR) is 97.4 cm³/mol. The van der Waals surface area contributed by atoms with Crippen LogP contribution in [0.1, 0.15) is 45.1 Å². The van der Waals surface area contributed by atoms with Gasteiger partial charge < -0.3 is 10.2 Å². The number of hydrogen-bond acceptors (Lipinski definition) is 3. The van der Waals surface area contributed by atoms with Crippen LogP contribution in [0.25, 0.3) is 0 Å². The van der Waals surface area contributed by atoms with Crippen LogP contribution in [0.15, 0.2) is 36.0 Å². The molecule has 0 aliphatic carbocycles. The fourth-order valence-electron chi connectivity index (χ4n) is 2.81. The van der Waals surface area contributed by atoms with Crippen LogP contribution in [0.3, 0.4) is 0 Å². The number of anilines is 1. The molecule has 0 radical (unpaired) electrons. The van der Waals surface area contributed by atoms with Crippen molar-refractivity contribution in [2.24, 2.45) is 5.92 Å². The molecule has 0 aromatic heterocycles. The molecule has 1 aliphatic rings. The van der Waals surface area contributed by atoms with E-state index < -0.39 is 0 Å². The van der Waals surface area contributed by atoms with Crippen molar-refractivity contribution >= 4 is 11.6 Å². The molecule has 0 bridgehead atoms. The molecule has 4 nitrogen and oxygen atoms in total. The second-order valence-electron chi connectivity index (χ2n) is 6.63. The van der Waals surface area contributed by atoms with Gasteiger partial charge >= 0.3 is 0 Å². The first-order valence-electron chi connectivity index (χ1n) is 8.88. The highest BCUT2D eigenvalue weighted by Crippen LogP contribution is 2.17. The molecule has 1 amide bonds. The zero-order valence-electron chi connectivity index (χ0n) is 14.7. The Kier molecular flexibility index (Phi) is 6.87. The lowest BCUT2D eigenvalue weighted by molar-refractivity contribution is -0.112. The molecule has 2 rings (SSSR count). The third kappa shape index (κ3) is 5.42. The van der Waals surface area contributed by atoms with Gasteiger partial charge in [-0.1, -0.05) is 32.4 Å². The minimum Gasteiger partial charge on any atom is -0.376 e. The molecule has 0 unspecified atom stereocenters. The number of rotatable bonds is 6. The molecular formula is C20H27N3O. The SMILES string of the molecule is CCCCc1ccc(NC(=O)/C(C#N)=C\N2CCC(C)CC2)cc1. The Bertz CT molecular complexity index is 605. The first-order chi connectivity index (χ1) is 11.6. The highest BCUT2D eigenvalue weighted by atomic mass is 16.1. The Morgan fingerprint density at radius 1 is 1.33 bits per heavy atom. The Morgan fingerprint density at radius 2 is 2.00 bits per heavy atom. The lowest BCUT2D eigenvalue weighted by Gasteiger charge is -2.29. The summed E-state index contributed by atoms with van der Waals surface area (Å²) in [6.07, 6.45) is 7.32. The van der Waals surface area contributed by atoms with E-state index in [-0.39, 0.29) is 11.5 Å². The van der Waals surface area contributed by atoms with Gasteiger partial charge in [-0.2, -0.15) is 5.26 Å². The van der Waals surface area contributed by atoms with Gasteiger partial charge in [0.25, 0.3) is 5.91 Å². The van der Waals surface area contributed by atoms with E-state index in [4.69, 9.17) is 0 Å². The van der Waals surface area contributed by atoms with Gasteiger partial charge in [0, 0.05) is 25.0 Å². The first kappa shape index (κ1) is 18.1. The highest BCUT2D eigenvalue weighted by Gasteiger charge is 2.16. The molecule has 1 fully saturated rings. The van der Waals surface area contributed by atoms with Crippen LogP contribution in [-0.4, -0.2) is 23.9 Å². The van der Waals surface area contributed by atoms with E-state index >= 15 is 0 Å². The fourth-order valence-corrected chi connectivity index (χ4v) is 2.81. The highest BCUT2D eigenvalue weighted by molar-refractivity contribution is 6.06. The normalized spacial score (nSPS) is 15.9. The Balaban J connectivity index is 1.95. The molecule has 4 heteroatoms. The van der Waals surface area contributed by atoms with E-state index in [1.165, 1.54) is 18.4 Å². The number of benzene rings is 1. The fraction of sp³-hybridized carbons (Fsp3) is 0.500. The smallest absolute Gasteiger partial charge is 0.267 e. The Morgan fingerprint density at radius 3 is 2.58 bits per heavy atom. The van der Waals surface area contributed by atoms with Crippen LogP contribution in [0.4, 0.5) is 5.69 Å². The standard InChI is InChI=1S/C20H27N3O/c1-3-4-5-17-6-8-19(9-7-17)22-20(24)18(14-21)15-23-12-10-16(2)11-13-23/h6-9,15-16H,3-5,10-13H2,1-2H3,(H,22,24)/b18-15-. The van der Waals surface area contributed by atoms with Gasteiger partial charge in [0.05, 0.1) is 0 Å². The first-order valence-corrected chi connectivity index (χ1v) is 8.88. The van der Waals surface area contributed by atoms with Crippen molar-refractivity contribution in [2.75, 3.05) is 18.4 Å². The zero-order valence-corrected chi connectivity index (χ0v) is 14.7. The summed E-state index contributed by atoms with van der Waals surface area (Å²) < 4.78 is 0. The number of aryl methyl sites for hydroxylation is 1. The van der Waals surface area contributed by atoms with Crippen LogP contribution in [-0.2, 0) is 11.2 Å². The van der Waals surface area contributed by atoms with E-state index in [2.05, 4.69) is 24.1 Å². The summed E-state index contributed by atoms with van der Waals surface area (Å²) in [5, 5.41) is 12.1. The summed E-state index contributed by atoms with van der Waals surface area (Å²) in [6.45, 7) is 6.23. The number of amides is 1. The topological polar surface area (TPSA) is 56.1 Å². The van der Waals surface area contributed by atoms with Crippen molar-refractivity contribution in [1.29, 1.82) is 5.26 Å². The average Bonchev–Trinajstić information content (AvgIpc) is 2.60. The maximum atomic E-state index is 12.3. The molecule has 1 N–H and O–H groups in total. The number of likely N-dealkylation sites (tertiary alicyclic amines) is 1. The molecule has 0 spiro atoms. The van der Waals surface area contributed by atoms with Crippen LogP contribution >= 0.6 is 0 Å². The Labute approximate surface area is 145 Å². The number of hydrogen-bond donors (Lipinski definition) is 1. The van der Waals surface area contributed by atoms with Crippen LogP contribution in [0.2, 0.25) is 0 Å². The molecule has 1 aromatic rings. The summed E-state index contributed by atoms with van der Waals surface area (Å²) in [6, 6.07) is 9.90. The molecule has 1 aliphatic heterocycles. The molecular weight excluding hydrogens is 298 g/mol. The van der Waals surface area contributed by atoms with Crippen molar-refractivity contribution in [3.8, 4) is 6.07 Å². The number of nitrogens with one attached hydrogen (secondary N) is 1. The van der Waals surface area contributed by atoms with E-state index in [1.54, 1.807) is 6.20 Å². The summed E-state index contributed by atoms with van der Waals surface area (Å²) in [7, 11) is 0. The van der Waals surface area contributed by atoms with E-state index in [0.29, 0.717) is 0 Å². The van der Waals surface area contributed by atoms with Gasteiger partial charge in [-0.3, -0.25) is 4.79 Å².